The van der Waals surface area contributed by atoms with Gasteiger partial charge in [-0.3, -0.25) is 0 Å². The van der Waals surface area contributed by atoms with Gasteiger partial charge in [-0.2, -0.15) is 0 Å². The highest BCUT2D eigenvalue weighted by Gasteiger charge is 2.46. The Hall–Kier alpha value is -1.91. The van der Waals surface area contributed by atoms with Gasteiger partial charge in [0, 0.05) is 5.92 Å². The molecule has 4 nitrogen and oxygen atoms in total. The largest absolute Gasteiger partial charge is 0.478 e. The zero-order valence-electron chi connectivity index (χ0n) is 16.0. The smallest absolute Gasteiger partial charge is 0.335 e. The minimum Gasteiger partial charge on any atom is -0.478 e. The van der Waals surface area contributed by atoms with E-state index in [-0.39, 0.29) is 12.2 Å². The molecule has 0 spiro atoms. The van der Waals surface area contributed by atoms with Gasteiger partial charge in [-0.25, -0.2) is 4.79 Å². The lowest BCUT2D eigenvalue weighted by Crippen LogP contribution is -2.25. The summed E-state index contributed by atoms with van der Waals surface area (Å²) < 4.78 is 6.12. The molecule has 3 rings (SSSR count). The van der Waals surface area contributed by atoms with Crippen molar-refractivity contribution in [1.29, 1.82) is 0 Å². The maximum absolute atomic E-state index is 11.1. The van der Waals surface area contributed by atoms with Crippen LogP contribution in [0.25, 0.3) is 6.08 Å². The summed E-state index contributed by atoms with van der Waals surface area (Å²) in [5.74, 6) is -0.120. The molecule has 2 fully saturated rings. The lowest BCUT2D eigenvalue weighted by atomic mass is 9.77. The van der Waals surface area contributed by atoms with Gasteiger partial charge in [0.1, 0.15) is 0 Å². The first kappa shape index (κ1) is 19.8. The lowest BCUT2D eigenvalue weighted by Gasteiger charge is -2.25. The van der Waals surface area contributed by atoms with Gasteiger partial charge in [-0.15, -0.1) is 0 Å². The number of hydrogen-bond donors (Lipinski definition) is 2. The monoisotopic (exact) mass is 370 g/mol. The molecule has 2 heterocycles. The van der Waals surface area contributed by atoms with Crippen molar-refractivity contribution in [3.05, 3.63) is 53.6 Å². The van der Waals surface area contributed by atoms with E-state index in [0.717, 1.165) is 44.1 Å². The Balaban J connectivity index is 1.61. The molecule has 2 N–H and O–H groups in total. The van der Waals surface area contributed by atoms with E-state index in [9.17, 15) is 9.90 Å². The van der Waals surface area contributed by atoms with Gasteiger partial charge in [-0.1, -0.05) is 56.2 Å². The molecule has 2 aliphatic heterocycles. The normalized spacial score (nSPS) is 28.4. The maximum atomic E-state index is 11.1. The van der Waals surface area contributed by atoms with E-state index < -0.39 is 5.97 Å². The summed E-state index contributed by atoms with van der Waals surface area (Å²) in [6, 6.07) is 6.99. The first-order chi connectivity index (χ1) is 13.1. The Morgan fingerprint density at radius 2 is 2.15 bits per heavy atom. The van der Waals surface area contributed by atoms with Crippen LogP contribution >= 0.6 is 0 Å². The Kier molecular flexibility index (Phi) is 6.86. The predicted molar refractivity (Wildman–Crippen MR) is 107 cm³/mol. The average Bonchev–Trinajstić information content (AvgIpc) is 3.27. The van der Waals surface area contributed by atoms with Gasteiger partial charge in [0.2, 0.25) is 0 Å². The van der Waals surface area contributed by atoms with Crippen molar-refractivity contribution in [2.24, 2.45) is 11.8 Å². The van der Waals surface area contributed by atoms with Crippen LogP contribution in [0.2, 0.25) is 0 Å². The number of carbonyl (C=O) groups is 1. The van der Waals surface area contributed by atoms with Gasteiger partial charge in [-0.05, 0) is 49.3 Å². The Morgan fingerprint density at radius 3 is 2.93 bits per heavy atom. The van der Waals surface area contributed by atoms with Gasteiger partial charge in [0.15, 0.2) is 0 Å². The van der Waals surface area contributed by atoms with Crippen LogP contribution in [0.3, 0.4) is 0 Å². The van der Waals surface area contributed by atoms with Gasteiger partial charge < -0.3 is 14.9 Å². The van der Waals surface area contributed by atoms with Crippen molar-refractivity contribution in [2.45, 2.75) is 63.8 Å². The molecule has 0 aliphatic carbocycles. The molecule has 0 saturated carbocycles. The molecule has 1 aromatic rings. The van der Waals surface area contributed by atoms with E-state index in [1.54, 1.807) is 18.2 Å². The number of aromatic carboxylic acids is 1. The first-order valence-corrected chi connectivity index (χ1v) is 10.1. The Bertz CT molecular complexity index is 693. The quantitative estimate of drug-likeness (QED) is 0.619. The summed E-state index contributed by atoms with van der Waals surface area (Å²) in [5.41, 5.74) is 1.21. The van der Waals surface area contributed by atoms with Crippen LogP contribution in [-0.4, -0.2) is 34.5 Å². The van der Waals surface area contributed by atoms with Crippen LogP contribution in [0.1, 0.15) is 61.4 Å². The number of benzene rings is 1. The van der Waals surface area contributed by atoms with Crippen LogP contribution in [-0.2, 0) is 4.74 Å². The number of fused-ring (bicyclic) bond motifs is 2. The molecule has 0 amide bonds. The highest BCUT2D eigenvalue weighted by Crippen LogP contribution is 2.46. The predicted octanol–water partition coefficient (Wildman–Crippen LogP) is 4.69. The average molecular weight is 370 g/mol. The van der Waals surface area contributed by atoms with Gasteiger partial charge >= 0.3 is 5.97 Å². The number of unbranched alkanes of at least 4 members (excludes halogenated alkanes) is 1. The second-order valence-corrected chi connectivity index (χ2v) is 7.69. The molecule has 5 atom stereocenters. The van der Waals surface area contributed by atoms with Crippen LogP contribution in [0.5, 0.6) is 0 Å². The maximum Gasteiger partial charge on any atom is 0.335 e. The molecule has 146 valence electrons. The van der Waals surface area contributed by atoms with E-state index in [1.165, 1.54) is 0 Å². The van der Waals surface area contributed by atoms with Crippen molar-refractivity contribution >= 4 is 12.0 Å². The van der Waals surface area contributed by atoms with Crippen molar-refractivity contribution in [3.63, 3.8) is 0 Å². The van der Waals surface area contributed by atoms with E-state index >= 15 is 0 Å². The minimum atomic E-state index is -0.904. The van der Waals surface area contributed by atoms with Crippen LogP contribution < -0.4 is 0 Å². The molecule has 1 unspecified atom stereocenters. The summed E-state index contributed by atoms with van der Waals surface area (Å²) >= 11 is 0. The third-order valence-corrected chi connectivity index (χ3v) is 5.75. The van der Waals surface area contributed by atoms with Crippen molar-refractivity contribution < 1.29 is 19.7 Å². The lowest BCUT2D eigenvalue weighted by molar-refractivity contribution is 0.0696. The van der Waals surface area contributed by atoms with Crippen LogP contribution in [0.4, 0.5) is 0 Å². The molecule has 27 heavy (non-hydrogen) atoms. The Morgan fingerprint density at radius 1 is 1.33 bits per heavy atom. The SMILES string of the molecule is CCCCC(O)C=C[C@H]1[C@H](C/C=C\c2cccc(C(=O)O)c2)[C@@H]2CC[C@H]1O2. The van der Waals surface area contributed by atoms with E-state index in [4.69, 9.17) is 9.84 Å². The molecule has 0 radical (unpaired) electrons. The fraction of sp³-hybridized carbons (Fsp3) is 0.522. The highest BCUT2D eigenvalue weighted by atomic mass is 16.5. The van der Waals surface area contributed by atoms with Crippen molar-refractivity contribution in [3.8, 4) is 0 Å². The van der Waals surface area contributed by atoms with Crippen LogP contribution in [0, 0.1) is 11.8 Å². The molecule has 1 aromatic carbocycles. The second kappa shape index (κ2) is 9.34. The summed E-state index contributed by atoms with van der Waals surface area (Å²) in [5, 5.41) is 19.2. The number of carboxylic acids is 1. The Labute approximate surface area is 161 Å². The van der Waals surface area contributed by atoms with Gasteiger partial charge in [0.25, 0.3) is 0 Å². The van der Waals surface area contributed by atoms with E-state index in [2.05, 4.69) is 19.1 Å². The number of ether oxygens (including phenoxy) is 1. The van der Waals surface area contributed by atoms with E-state index in [1.807, 2.05) is 18.2 Å². The fourth-order valence-electron chi connectivity index (χ4n) is 4.29. The first-order valence-electron chi connectivity index (χ1n) is 10.1. The molecule has 4 heteroatoms. The number of allylic oxidation sites excluding steroid dienone is 1. The van der Waals surface area contributed by atoms with Crippen molar-refractivity contribution in [1.82, 2.24) is 0 Å². The molecule has 2 saturated heterocycles. The zero-order valence-corrected chi connectivity index (χ0v) is 16.0. The number of rotatable bonds is 9. The number of aliphatic hydroxyl groups excluding tert-OH is 1. The summed E-state index contributed by atoms with van der Waals surface area (Å²) in [6.07, 6.45) is 14.5. The zero-order chi connectivity index (χ0) is 19.2. The summed E-state index contributed by atoms with van der Waals surface area (Å²) in [4.78, 5) is 11.1. The molecule has 2 aliphatic rings. The number of carboxylic acid groups (broad SMARTS) is 1. The van der Waals surface area contributed by atoms with Crippen molar-refractivity contribution in [2.75, 3.05) is 0 Å². The molecular formula is C23H30O4. The second-order valence-electron chi connectivity index (χ2n) is 7.69. The molecular weight excluding hydrogens is 340 g/mol. The standard InChI is InChI=1S/C23H30O4/c1-2-3-9-18(24)11-12-20-19(21-13-14-22(20)27-21)10-5-7-16-6-4-8-17(15-16)23(25)26/h4-8,11-12,15,18-22,24H,2-3,9-10,13-14H2,1H3,(H,25,26)/b7-5-,12-11?/t18?,19-,20-,21-,22+/m0/s1. The third kappa shape index (κ3) is 5.08. The summed E-state index contributed by atoms with van der Waals surface area (Å²) in [7, 11) is 0. The molecule has 2 bridgehead atoms. The van der Waals surface area contributed by atoms with Crippen LogP contribution in [0.15, 0.2) is 42.5 Å². The third-order valence-electron chi connectivity index (χ3n) is 5.75. The number of aliphatic hydroxyl groups is 1. The number of hydrogen-bond acceptors (Lipinski definition) is 3. The van der Waals surface area contributed by atoms with Gasteiger partial charge in [0.05, 0.1) is 23.9 Å². The van der Waals surface area contributed by atoms with E-state index in [0.29, 0.717) is 23.5 Å². The highest BCUT2D eigenvalue weighted by molar-refractivity contribution is 5.88. The topological polar surface area (TPSA) is 66.8 Å². The fourth-order valence-corrected chi connectivity index (χ4v) is 4.29. The molecule has 0 aromatic heterocycles. The summed E-state index contributed by atoms with van der Waals surface area (Å²) in [6.45, 7) is 2.13. The minimum absolute atomic E-state index is 0.276.